The van der Waals surface area contributed by atoms with Crippen molar-refractivity contribution in [1.29, 1.82) is 0 Å². The smallest absolute Gasteiger partial charge is 0.186 e. The van der Waals surface area contributed by atoms with Gasteiger partial charge < -0.3 is 4.98 Å². The van der Waals surface area contributed by atoms with Crippen LogP contribution in [0.15, 0.2) is 12.1 Å². The number of H-pyrrole nitrogens is 1. The van der Waals surface area contributed by atoms with Crippen LogP contribution in [0.4, 0.5) is 8.78 Å². The number of hydrogen-bond donors (Lipinski definition) is 1. The van der Waals surface area contributed by atoms with Gasteiger partial charge in [-0.3, -0.25) is 4.79 Å². The number of hydrogen-bond acceptors (Lipinski definition) is 2. The minimum atomic E-state index is -0.954. The minimum absolute atomic E-state index is 0.0154. The van der Waals surface area contributed by atoms with Gasteiger partial charge in [-0.2, -0.15) is 0 Å². The van der Waals surface area contributed by atoms with Crippen LogP contribution >= 0.6 is 0 Å². The second-order valence-corrected chi connectivity index (χ2v) is 6.83. The van der Waals surface area contributed by atoms with Crippen molar-refractivity contribution in [3.63, 3.8) is 0 Å². The molecule has 2 atom stereocenters. The molecule has 0 saturated heterocycles. The molecule has 1 aromatic heterocycles. The summed E-state index contributed by atoms with van der Waals surface area (Å²) in [5, 5.41) is 0. The summed E-state index contributed by atoms with van der Waals surface area (Å²) in [6.07, 6.45) is 2.26. The van der Waals surface area contributed by atoms with Crippen molar-refractivity contribution in [2.45, 2.75) is 38.5 Å². The molecule has 1 N–H and O–H groups in total. The lowest BCUT2D eigenvalue weighted by Gasteiger charge is -2.34. The second-order valence-electron chi connectivity index (χ2n) is 6.83. The van der Waals surface area contributed by atoms with E-state index in [9.17, 15) is 13.6 Å². The first-order chi connectivity index (χ1) is 9.88. The largest absolute Gasteiger partial charge is 0.341 e. The number of carbonyl (C=O) groups is 1. The first-order valence-electron chi connectivity index (χ1n) is 7.25. The molecule has 4 rings (SSSR count). The lowest BCUT2D eigenvalue weighted by atomic mass is 9.68. The van der Waals surface area contributed by atoms with Gasteiger partial charge in [0.05, 0.1) is 10.9 Å². The van der Waals surface area contributed by atoms with E-state index in [1.807, 2.05) is 0 Å². The highest BCUT2D eigenvalue weighted by molar-refractivity contribution is 5.95. The third-order valence-corrected chi connectivity index (χ3v) is 5.85. The van der Waals surface area contributed by atoms with E-state index in [0.29, 0.717) is 23.7 Å². The standard InChI is InChI=1S/C16H16F2N2O/c1-15(2)8-5-6-16(15,11(21)7-8)14-19-10-4-3-9(17)12(18)13(10)20-14/h3-4,8H,5-7H2,1-2H3,(H,19,20). The molecule has 2 aliphatic rings. The van der Waals surface area contributed by atoms with Crippen molar-refractivity contribution in [3.8, 4) is 0 Å². The highest BCUT2D eigenvalue weighted by atomic mass is 19.2. The van der Waals surface area contributed by atoms with Gasteiger partial charge >= 0.3 is 0 Å². The van der Waals surface area contributed by atoms with Crippen molar-refractivity contribution >= 4 is 16.8 Å². The summed E-state index contributed by atoms with van der Waals surface area (Å²) < 4.78 is 27.2. The average molecular weight is 290 g/mol. The molecule has 1 aromatic carbocycles. The van der Waals surface area contributed by atoms with E-state index >= 15 is 0 Å². The SMILES string of the molecule is CC1(C)C2CCC1(c1nc3c(F)c(F)ccc3[nH]1)C(=O)C2. The number of nitrogens with one attached hydrogen (secondary N) is 1. The maximum absolute atomic E-state index is 13.9. The molecule has 2 aliphatic carbocycles. The van der Waals surface area contributed by atoms with Crippen molar-refractivity contribution in [3.05, 3.63) is 29.6 Å². The molecule has 0 spiro atoms. The zero-order valence-electron chi connectivity index (χ0n) is 12.0. The quantitative estimate of drug-likeness (QED) is 0.874. The summed E-state index contributed by atoms with van der Waals surface area (Å²) >= 11 is 0. The Labute approximate surface area is 120 Å². The normalized spacial score (nSPS) is 30.5. The molecule has 2 fully saturated rings. The van der Waals surface area contributed by atoms with Crippen LogP contribution in [0.25, 0.3) is 11.0 Å². The number of Topliss-reactive ketones (excluding diaryl/α,β-unsaturated/α-hetero) is 1. The van der Waals surface area contributed by atoms with Crippen molar-refractivity contribution in [2.24, 2.45) is 11.3 Å². The van der Waals surface area contributed by atoms with E-state index in [1.165, 1.54) is 6.07 Å². The molecular formula is C16H16F2N2O. The van der Waals surface area contributed by atoms with Crippen molar-refractivity contribution in [1.82, 2.24) is 9.97 Å². The monoisotopic (exact) mass is 290 g/mol. The van der Waals surface area contributed by atoms with Crippen LogP contribution in [-0.2, 0) is 10.2 Å². The number of nitrogens with zero attached hydrogens (tertiary/aromatic N) is 1. The third kappa shape index (κ3) is 1.32. The fourth-order valence-electron chi connectivity index (χ4n) is 4.45. The summed E-state index contributed by atoms with van der Waals surface area (Å²) in [7, 11) is 0. The molecule has 1 heterocycles. The number of carbonyl (C=O) groups excluding carboxylic acids is 1. The maximum Gasteiger partial charge on any atom is 0.186 e. The Balaban J connectivity index is 1.98. The van der Waals surface area contributed by atoms with Crippen LogP contribution in [-0.4, -0.2) is 15.8 Å². The Morgan fingerprint density at radius 2 is 2.10 bits per heavy atom. The van der Waals surface area contributed by atoms with Crippen molar-refractivity contribution in [2.75, 3.05) is 0 Å². The molecule has 0 radical (unpaired) electrons. The van der Waals surface area contributed by atoms with Gasteiger partial charge in [0.1, 0.15) is 17.1 Å². The van der Waals surface area contributed by atoms with Gasteiger partial charge in [-0.05, 0) is 36.3 Å². The predicted octanol–water partition coefficient (Wildman–Crippen LogP) is 3.49. The molecular weight excluding hydrogens is 274 g/mol. The van der Waals surface area contributed by atoms with Gasteiger partial charge in [0.2, 0.25) is 0 Å². The molecule has 2 unspecified atom stereocenters. The summed E-state index contributed by atoms with van der Waals surface area (Å²) in [6, 6.07) is 2.55. The van der Waals surface area contributed by atoms with E-state index in [-0.39, 0.29) is 16.7 Å². The average Bonchev–Trinajstić information content (AvgIpc) is 3.02. The number of rotatable bonds is 1. The number of imidazole rings is 1. The summed E-state index contributed by atoms with van der Waals surface area (Å²) in [5.74, 6) is -0.857. The molecule has 110 valence electrons. The van der Waals surface area contributed by atoms with Gasteiger partial charge in [-0.15, -0.1) is 0 Å². The summed E-state index contributed by atoms with van der Waals surface area (Å²) in [4.78, 5) is 19.9. The van der Waals surface area contributed by atoms with E-state index in [1.54, 1.807) is 0 Å². The van der Waals surface area contributed by atoms with Crippen molar-refractivity contribution < 1.29 is 13.6 Å². The highest BCUT2D eigenvalue weighted by Crippen LogP contribution is 2.64. The summed E-state index contributed by atoms with van der Waals surface area (Å²) in [6.45, 7) is 4.17. The first kappa shape index (κ1) is 12.9. The molecule has 21 heavy (non-hydrogen) atoms. The number of fused-ring (bicyclic) bond motifs is 3. The fraction of sp³-hybridized carbons (Fsp3) is 0.500. The van der Waals surface area contributed by atoms with Crippen LogP contribution in [0.5, 0.6) is 0 Å². The van der Waals surface area contributed by atoms with E-state index in [2.05, 4.69) is 23.8 Å². The predicted molar refractivity (Wildman–Crippen MR) is 73.8 cm³/mol. The van der Waals surface area contributed by atoms with Gasteiger partial charge in [-0.25, -0.2) is 13.8 Å². The third-order valence-electron chi connectivity index (χ3n) is 5.85. The lowest BCUT2D eigenvalue weighted by molar-refractivity contribution is -0.124. The molecule has 0 amide bonds. The molecule has 0 aliphatic heterocycles. The molecule has 2 aromatic rings. The Morgan fingerprint density at radius 3 is 2.71 bits per heavy atom. The van der Waals surface area contributed by atoms with Crippen LogP contribution < -0.4 is 0 Å². The fourth-order valence-corrected chi connectivity index (χ4v) is 4.45. The zero-order valence-corrected chi connectivity index (χ0v) is 12.0. The molecule has 5 heteroatoms. The lowest BCUT2D eigenvalue weighted by Crippen LogP contribution is -2.41. The Morgan fingerprint density at radius 1 is 1.33 bits per heavy atom. The Bertz CT molecular complexity index is 780. The second kappa shape index (κ2) is 3.70. The van der Waals surface area contributed by atoms with E-state index < -0.39 is 17.0 Å². The van der Waals surface area contributed by atoms with Crippen LogP contribution in [0.2, 0.25) is 0 Å². The van der Waals surface area contributed by atoms with Gasteiger partial charge in [-0.1, -0.05) is 13.8 Å². The number of halogens is 2. The number of aromatic amines is 1. The number of ketones is 1. The van der Waals surface area contributed by atoms with Crippen LogP contribution in [0, 0.1) is 23.0 Å². The molecule has 2 saturated carbocycles. The first-order valence-corrected chi connectivity index (χ1v) is 7.25. The Hall–Kier alpha value is -1.78. The van der Waals surface area contributed by atoms with Gasteiger partial charge in [0.15, 0.2) is 11.6 Å². The van der Waals surface area contributed by atoms with E-state index in [4.69, 9.17) is 0 Å². The van der Waals surface area contributed by atoms with E-state index in [0.717, 1.165) is 18.9 Å². The highest BCUT2D eigenvalue weighted by Gasteiger charge is 2.66. The number of aromatic nitrogens is 2. The zero-order chi connectivity index (χ0) is 15.0. The maximum atomic E-state index is 13.9. The van der Waals surface area contributed by atoms with Gasteiger partial charge in [0.25, 0.3) is 0 Å². The minimum Gasteiger partial charge on any atom is -0.341 e. The van der Waals surface area contributed by atoms with Crippen LogP contribution in [0.1, 0.15) is 38.9 Å². The summed E-state index contributed by atoms with van der Waals surface area (Å²) in [5.41, 5.74) is -0.456. The molecule has 2 bridgehead atoms. The molecule has 3 nitrogen and oxygen atoms in total. The number of benzene rings is 1. The topological polar surface area (TPSA) is 45.8 Å². The van der Waals surface area contributed by atoms with Gasteiger partial charge in [0, 0.05) is 6.42 Å². The van der Waals surface area contributed by atoms with Crippen LogP contribution in [0.3, 0.4) is 0 Å². The Kier molecular flexibility index (Phi) is 2.28.